The van der Waals surface area contributed by atoms with Crippen molar-refractivity contribution in [3.63, 3.8) is 0 Å². The van der Waals surface area contributed by atoms with Crippen LogP contribution in [0.25, 0.3) is 10.9 Å². The predicted molar refractivity (Wildman–Crippen MR) is 142 cm³/mol. The van der Waals surface area contributed by atoms with Crippen molar-refractivity contribution in [3.8, 4) is 5.75 Å². The van der Waals surface area contributed by atoms with Gasteiger partial charge in [-0.25, -0.2) is 0 Å². The summed E-state index contributed by atoms with van der Waals surface area (Å²) in [6.45, 7) is 11.7. The van der Waals surface area contributed by atoms with Crippen molar-refractivity contribution in [1.82, 2.24) is 14.6 Å². The zero-order chi connectivity index (χ0) is 25.2. The van der Waals surface area contributed by atoms with Crippen molar-refractivity contribution in [2.45, 2.75) is 72.2 Å². The first-order valence-electron chi connectivity index (χ1n) is 13.0. The van der Waals surface area contributed by atoms with Crippen LogP contribution in [-0.4, -0.2) is 38.9 Å². The molecule has 3 heterocycles. The van der Waals surface area contributed by atoms with E-state index in [4.69, 9.17) is 9.26 Å². The van der Waals surface area contributed by atoms with Crippen LogP contribution in [0.3, 0.4) is 0 Å². The maximum atomic E-state index is 9.85. The molecule has 1 fully saturated rings. The summed E-state index contributed by atoms with van der Waals surface area (Å²) in [7, 11) is 0. The van der Waals surface area contributed by atoms with E-state index in [1.54, 1.807) is 0 Å². The van der Waals surface area contributed by atoms with Crippen molar-refractivity contribution in [3.05, 3.63) is 82.4 Å². The topological polar surface area (TPSA) is 63.7 Å². The largest absolute Gasteiger partial charge is 0.489 e. The fourth-order valence-corrected chi connectivity index (χ4v) is 5.29. The molecule has 1 aliphatic rings. The summed E-state index contributed by atoms with van der Waals surface area (Å²) in [5.74, 6) is 2.25. The second-order valence-electron chi connectivity index (χ2n) is 10.4. The molecule has 190 valence electrons. The Kier molecular flexibility index (Phi) is 7.17. The number of aliphatic hydroxyl groups excluding tert-OH is 1. The van der Waals surface area contributed by atoms with Crippen LogP contribution in [0.4, 0.5) is 0 Å². The number of hydrogen-bond acceptors (Lipinski definition) is 5. The smallest absolute Gasteiger partial charge is 0.138 e. The SMILES string of the molecule is Cc1noc(C)c1Cn1cc(CN2CCC[C@H]2CO)c2cc(OCc3ccc(C(C)C)cc3)ccc21. The maximum absolute atomic E-state index is 9.85. The number of aromatic nitrogens is 2. The van der Waals surface area contributed by atoms with Crippen LogP contribution in [0.15, 0.2) is 53.2 Å². The number of fused-ring (bicyclic) bond motifs is 1. The van der Waals surface area contributed by atoms with Crippen molar-refractivity contribution >= 4 is 10.9 Å². The lowest BCUT2D eigenvalue weighted by molar-refractivity contribution is 0.154. The molecule has 0 radical (unpaired) electrons. The first-order chi connectivity index (χ1) is 17.4. The Morgan fingerprint density at radius 2 is 1.92 bits per heavy atom. The number of nitrogens with zero attached hydrogens (tertiary/aromatic N) is 3. The molecule has 1 saturated heterocycles. The molecule has 1 aliphatic heterocycles. The van der Waals surface area contributed by atoms with Crippen molar-refractivity contribution in [1.29, 1.82) is 0 Å². The van der Waals surface area contributed by atoms with Crippen LogP contribution >= 0.6 is 0 Å². The number of aliphatic hydroxyl groups is 1. The van der Waals surface area contributed by atoms with Crippen LogP contribution in [0.1, 0.15) is 66.3 Å². The maximum Gasteiger partial charge on any atom is 0.138 e. The van der Waals surface area contributed by atoms with E-state index in [0.717, 1.165) is 48.7 Å². The van der Waals surface area contributed by atoms with E-state index >= 15 is 0 Å². The van der Waals surface area contributed by atoms with Crippen molar-refractivity contribution in [2.24, 2.45) is 0 Å². The van der Waals surface area contributed by atoms with Crippen LogP contribution in [0.5, 0.6) is 5.75 Å². The second-order valence-corrected chi connectivity index (χ2v) is 10.4. The third kappa shape index (κ3) is 5.06. The monoisotopic (exact) mass is 487 g/mol. The molecule has 4 aromatic rings. The molecule has 36 heavy (non-hydrogen) atoms. The summed E-state index contributed by atoms with van der Waals surface area (Å²) in [6, 6.07) is 15.3. The average Bonchev–Trinajstić information content (AvgIpc) is 3.57. The number of likely N-dealkylation sites (tertiary alicyclic amines) is 1. The lowest BCUT2D eigenvalue weighted by Crippen LogP contribution is -2.31. The van der Waals surface area contributed by atoms with Gasteiger partial charge < -0.3 is 18.9 Å². The Morgan fingerprint density at radius 1 is 1.11 bits per heavy atom. The van der Waals surface area contributed by atoms with Crippen LogP contribution < -0.4 is 4.74 Å². The van der Waals surface area contributed by atoms with E-state index in [0.29, 0.717) is 19.1 Å². The Hall–Kier alpha value is -3.09. The van der Waals surface area contributed by atoms with Gasteiger partial charge in [-0.2, -0.15) is 0 Å². The molecular formula is C30H37N3O3. The van der Waals surface area contributed by atoms with E-state index < -0.39 is 0 Å². The summed E-state index contributed by atoms with van der Waals surface area (Å²) in [5.41, 5.74) is 6.98. The third-order valence-corrected chi connectivity index (χ3v) is 7.58. The molecular weight excluding hydrogens is 450 g/mol. The number of benzene rings is 2. The molecule has 0 spiro atoms. The molecule has 6 heteroatoms. The highest BCUT2D eigenvalue weighted by molar-refractivity contribution is 5.85. The second kappa shape index (κ2) is 10.5. The van der Waals surface area contributed by atoms with Gasteiger partial charge in [-0.05, 0) is 74.0 Å². The van der Waals surface area contributed by atoms with Crippen LogP contribution in [0.2, 0.25) is 0 Å². The Bertz CT molecular complexity index is 1300. The highest BCUT2D eigenvalue weighted by atomic mass is 16.5. The van der Waals surface area contributed by atoms with Gasteiger partial charge in [-0.1, -0.05) is 43.3 Å². The first kappa shape index (κ1) is 24.6. The van der Waals surface area contributed by atoms with Gasteiger partial charge in [-0.3, -0.25) is 4.90 Å². The Balaban J connectivity index is 1.43. The summed E-state index contributed by atoms with van der Waals surface area (Å²) >= 11 is 0. The van der Waals surface area contributed by atoms with E-state index in [1.807, 2.05) is 13.8 Å². The standard InChI is InChI=1S/C30H37N3O3/c1-20(2)24-9-7-23(8-10-24)19-35-27-11-12-30-28(14-27)25(15-32-13-5-6-26(32)18-34)16-33(30)17-29-21(3)31-36-22(29)4/h7-12,14,16,20,26,34H,5-6,13,15,17-19H2,1-4H3/t26-/m0/s1. The van der Waals surface area contributed by atoms with Gasteiger partial charge in [0.15, 0.2) is 0 Å². The van der Waals surface area contributed by atoms with Crippen molar-refractivity contribution in [2.75, 3.05) is 13.2 Å². The van der Waals surface area contributed by atoms with Gasteiger partial charge in [0.1, 0.15) is 18.1 Å². The van der Waals surface area contributed by atoms with Gasteiger partial charge in [0, 0.05) is 35.2 Å². The number of rotatable bonds is 9. The Morgan fingerprint density at radius 3 is 2.61 bits per heavy atom. The van der Waals surface area contributed by atoms with E-state index in [-0.39, 0.29) is 12.6 Å². The highest BCUT2D eigenvalue weighted by Gasteiger charge is 2.25. The molecule has 2 aromatic heterocycles. The predicted octanol–water partition coefficient (Wildman–Crippen LogP) is 5.95. The molecule has 0 unspecified atom stereocenters. The molecule has 0 saturated carbocycles. The van der Waals surface area contributed by atoms with Crippen molar-refractivity contribution < 1.29 is 14.4 Å². The molecule has 0 bridgehead atoms. The zero-order valence-corrected chi connectivity index (χ0v) is 21.8. The fraction of sp³-hybridized carbons (Fsp3) is 0.433. The fourth-order valence-electron chi connectivity index (χ4n) is 5.29. The quantitative estimate of drug-likeness (QED) is 0.316. The number of aryl methyl sites for hydroxylation is 2. The Labute approximate surface area is 213 Å². The van der Waals surface area contributed by atoms with Gasteiger partial charge >= 0.3 is 0 Å². The molecule has 0 amide bonds. The molecule has 0 aliphatic carbocycles. The lowest BCUT2D eigenvalue weighted by atomic mass is 10.0. The van der Waals surface area contributed by atoms with E-state index in [2.05, 4.69) is 77.1 Å². The minimum absolute atomic E-state index is 0.210. The van der Waals surface area contributed by atoms with Crippen LogP contribution in [-0.2, 0) is 19.7 Å². The van der Waals surface area contributed by atoms with E-state index in [1.165, 1.54) is 27.6 Å². The average molecular weight is 488 g/mol. The first-order valence-corrected chi connectivity index (χ1v) is 13.0. The molecule has 5 rings (SSSR count). The highest BCUT2D eigenvalue weighted by Crippen LogP contribution is 2.31. The number of ether oxygens (including phenoxy) is 1. The normalized spacial score (nSPS) is 16.4. The molecule has 6 nitrogen and oxygen atoms in total. The molecule has 1 atom stereocenters. The zero-order valence-electron chi connectivity index (χ0n) is 21.8. The van der Waals surface area contributed by atoms with E-state index in [9.17, 15) is 5.11 Å². The molecule has 1 N–H and O–H groups in total. The minimum Gasteiger partial charge on any atom is -0.489 e. The summed E-state index contributed by atoms with van der Waals surface area (Å²) in [4.78, 5) is 2.40. The summed E-state index contributed by atoms with van der Waals surface area (Å²) in [5, 5.41) is 15.2. The van der Waals surface area contributed by atoms with Gasteiger partial charge in [-0.15, -0.1) is 0 Å². The third-order valence-electron chi connectivity index (χ3n) is 7.58. The lowest BCUT2D eigenvalue weighted by Gasteiger charge is -2.22. The van der Waals surface area contributed by atoms with Gasteiger partial charge in [0.05, 0.1) is 18.8 Å². The summed E-state index contributed by atoms with van der Waals surface area (Å²) in [6.07, 6.45) is 4.43. The minimum atomic E-state index is 0.210. The number of hydrogen-bond donors (Lipinski definition) is 1. The summed E-state index contributed by atoms with van der Waals surface area (Å²) < 4.78 is 13.9. The van der Waals surface area contributed by atoms with Crippen LogP contribution in [0, 0.1) is 13.8 Å². The van der Waals surface area contributed by atoms with Gasteiger partial charge in [0.2, 0.25) is 0 Å². The van der Waals surface area contributed by atoms with Gasteiger partial charge in [0.25, 0.3) is 0 Å². The molecule has 2 aromatic carbocycles.